The van der Waals surface area contributed by atoms with Crippen LogP contribution in [0.15, 0.2) is 60.1 Å². The first-order chi connectivity index (χ1) is 14.3. The van der Waals surface area contributed by atoms with Crippen LogP contribution < -0.4 is 5.32 Å². The highest BCUT2D eigenvalue weighted by atomic mass is 32.1. The minimum Gasteiger partial charge on any atom is -0.452 e. The molecule has 0 aliphatic rings. The molecule has 0 aliphatic heterocycles. The molecule has 6 nitrogen and oxygen atoms in total. The standard InChI is InChI=1S/C20H16F3N3O3S/c21-20(22,23)13-24-17(27)12-29-18(28)9-8-14-11-26(15-5-2-1-3-6-15)25-19(14)16-7-4-10-30-16/h1-11H,12-13H2,(H,24,27). The highest BCUT2D eigenvalue weighted by Gasteiger charge is 2.27. The number of esters is 1. The van der Waals surface area contributed by atoms with Crippen LogP contribution in [-0.4, -0.2) is 41.0 Å². The van der Waals surface area contributed by atoms with Crippen molar-refractivity contribution in [1.82, 2.24) is 15.1 Å². The van der Waals surface area contributed by atoms with Gasteiger partial charge in [0.25, 0.3) is 5.91 Å². The summed E-state index contributed by atoms with van der Waals surface area (Å²) in [5.74, 6) is -1.90. The molecule has 0 aliphatic carbocycles. The van der Waals surface area contributed by atoms with Crippen molar-refractivity contribution in [2.45, 2.75) is 6.18 Å². The minimum absolute atomic E-state index is 0.639. The summed E-state index contributed by atoms with van der Waals surface area (Å²) in [6.07, 6.45) is -0.210. The molecular weight excluding hydrogens is 419 g/mol. The molecule has 0 bridgehead atoms. The maximum atomic E-state index is 12.1. The molecule has 30 heavy (non-hydrogen) atoms. The summed E-state index contributed by atoms with van der Waals surface area (Å²) in [5.41, 5.74) is 2.12. The average Bonchev–Trinajstić information content (AvgIpc) is 3.39. The molecule has 2 aromatic heterocycles. The topological polar surface area (TPSA) is 73.2 Å². The summed E-state index contributed by atoms with van der Waals surface area (Å²) in [6.45, 7) is -2.29. The van der Waals surface area contributed by atoms with Crippen molar-refractivity contribution in [2.75, 3.05) is 13.2 Å². The zero-order valence-electron chi connectivity index (χ0n) is 15.4. The molecular formula is C20H16F3N3O3S. The van der Waals surface area contributed by atoms with Gasteiger partial charge in [0.1, 0.15) is 12.2 Å². The SMILES string of the molecule is O=C(COC(=O)C=Cc1cn(-c2ccccc2)nc1-c1cccs1)NCC(F)(F)F. The number of alkyl halides is 3. The van der Waals surface area contributed by atoms with Crippen LogP contribution in [-0.2, 0) is 14.3 Å². The van der Waals surface area contributed by atoms with Crippen LogP contribution in [0.3, 0.4) is 0 Å². The number of carbonyl (C=O) groups excluding carboxylic acids is 2. The summed E-state index contributed by atoms with van der Waals surface area (Å²) >= 11 is 1.48. The molecule has 0 spiro atoms. The van der Waals surface area contributed by atoms with Crippen molar-refractivity contribution in [3.05, 3.63) is 65.7 Å². The predicted molar refractivity (Wildman–Crippen MR) is 106 cm³/mol. The van der Waals surface area contributed by atoms with E-state index in [1.165, 1.54) is 17.4 Å². The van der Waals surface area contributed by atoms with Gasteiger partial charge in [0.15, 0.2) is 6.61 Å². The van der Waals surface area contributed by atoms with Crippen molar-refractivity contribution in [2.24, 2.45) is 0 Å². The number of nitrogens with one attached hydrogen (secondary N) is 1. The van der Waals surface area contributed by atoms with Gasteiger partial charge in [-0.25, -0.2) is 9.48 Å². The van der Waals surface area contributed by atoms with Gasteiger partial charge < -0.3 is 10.1 Å². The minimum atomic E-state index is -4.53. The normalized spacial score (nSPS) is 11.6. The number of hydrogen-bond acceptors (Lipinski definition) is 5. The Morgan fingerprint density at radius 3 is 2.60 bits per heavy atom. The third kappa shape index (κ3) is 6.05. The van der Waals surface area contributed by atoms with E-state index in [9.17, 15) is 22.8 Å². The molecule has 1 N–H and O–H groups in total. The van der Waals surface area contributed by atoms with E-state index in [4.69, 9.17) is 0 Å². The molecule has 0 fully saturated rings. The van der Waals surface area contributed by atoms with E-state index in [0.717, 1.165) is 16.6 Å². The largest absolute Gasteiger partial charge is 0.452 e. The smallest absolute Gasteiger partial charge is 0.405 e. The van der Waals surface area contributed by atoms with Crippen molar-refractivity contribution < 1.29 is 27.5 Å². The zero-order chi connectivity index (χ0) is 21.6. The second-order valence-corrected chi connectivity index (χ2v) is 6.97. The Morgan fingerprint density at radius 1 is 1.17 bits per heavy atom. The fourth-order valence-electron chi connectivity index (χ4n) is 2.42. The molecule has 1 aromatic carbocycles. The second-order valence-electron chi connectivity index (χ2n) is 6.02. The number of thiophene rings is 1. The second kappa shape index (κ2) is 9.40. The van der Waals surface area contributed by atoms with E-state index in [2.05, 4.69) is 9.84 Å². The number of nitrogens with zero attached hydrogens (tertiary/aromatic N) is 2. The summed E-state index contributed by atoms with van der Waals surface area (Å²) < 4.78 is 42.5. The van der Waals surface area contributed by atoms with E-state index < -0.39 is 31.2 Å². The molecule has 156 valence electrons. The first-order valence-corrected chi connectivity index (χ1v) is 9.57. The summed E-state index contributed by atoms with van der Waals surface area (Å²) in [7, 11) is 0. The summed E-state index contributed by atoms with van der Waals surface area (Å²) in [6, 6.07) is 13.2. The lowest BCUT2D eigenvalue weighted by Crippen LogP contribution is -2.36. The Bertz CT molecular complexity index is 1030. The lowest BCUT2D eigenvalue weighted by Gasteiger charge is -2.07. The maximum absolute atomic E-state index is 12.1. The summed E-state index contributed by atoms with van der Waals surface area (Å²) in [5, 5.41) is 8.10. The van der Waals surface area contributed by atoms with Crippen LogP contribution in [0.4, 0.5) is 13.2 Å². The van der Waals surface area contributed by atoms with Gasteiger partial charge in [0.2, 0.25) is 0 Å². The van der Waals surface area contributed by atoms with Gasteiger partial charge >= 0.3 is 12.1 Å². The van der Waals surface area contributed by atoms with E-state index >= 15 is 0 Å². The van der Waals surface area contributed by atoms with E-state index in [-0.39, 0.29) is 0 Å². The highest BCUT2D eigenvalue weighted by molar-refractivity contribution is 7.13. The van der Waals surface area contributed by atoms with Crippen molar-refractivity contribution in [3.63, 3.8) is 0 Å². The van der Waals surface area contributed by atoms with Crippen LogP contribution in [0.5, 0.6) is 0 Å². The molecule has 10 heteroatoms. The molecule has 0 unspecified atom stereocenters. The molecule has 2 heterocycles. The lowest BCUT2D eigenvalue weighted by molar-refractivity contribution is -0.148. The Hall–Kier alpha value is -3.40. The van der Waals surface area contributed by atoms with Gasteiger partial charge in [0.05, 0.1) is 10.6 Å². The quantitative estimate of drug-likeness (QED) is 0.452. The van der Waals surface area contributed by atoms with Crippen molar-refractivity contribution >= 4 is 29.3 Å². The Labute approximate surface area is 173 Å². The number of rotatable bonds is 7. The van der Waals surface area contributed by atoms with E-state index in [0.29, 0.717) is 11.3 Å². The third-order valence-electron chi connectivity index (χ3n) is 3.75. The van der Waals surface area contributed by atoms with Crippen LogP contribution in [0.1, 0.15) is 5.56 Å². The number of ether oxygens (including phenoxy) is 1. The Balaban J connectivity index is 1.69. The van der Waals surface area contributed by atoms with Gasteiger partial charge in [-0.1, -0.05) is 24.3 Å². The monoisotopic (exact) mass is 435 g/mol. The van der Waals surface area contributed by atoms with E-state index in [1.54, 1.807) is 16.2 Å². The highest BCUT2D eigenvalue weighted by Crippen LogP contribution is 2.28. The zero-order valence-corrected chi connectivity index (χ0v) is 16.2. The molecule has 0 saturated carbocycles. The molecule has 3 aromatic rings. The van der Waals surface area contributed by atoms with Crippen LogP contribution in [0.2, 0.25) is 0 Å². The predicted octanol–water partition coefficient (Wildman–Crippen LogP) is 3.84. The van der Waals surface area contributed by atoms with Gasteiger partial charge in [-0.3, -0.25) is 4.79 Å². The Kier molecular flexibility index (Phi) is 6.68. The number of hydrogen-bond donors (Lipinski definition) is 1. The van der Waals surface area contributed by atoms with Crippen LogP contribution >= 0.6 is 11.3 Å². The number of para-hydroxylation sites is 1. The van der Waals surface area contributed by atoms with Gasteiger partial charge in [-0.05, 0) is 29.7 Å². The van der Waals surface area contributed by atoms with Gasteiger partial charge in [-0.15, -0.1) is 11.3 Å². The number of benzene rings is 1. The average molecular weight is 435 g/mol. The lowest BCUT2D eigenvalue weighted by atomic mass is 10.2. The number of halogens is 3. The third-order valence-corrected chi connectivity index (χ3v) is 4.62. The molecule has 3 rings (SSSR count). The van der Waals surface area contributed by atoms with Gasteiger partial charge in [-0.2, -0.15) is 18.3 Å². The van der Waals surface area contributed by atoms with Crippen molar-refractivity contribution in [1.29, 1.82) is 0 Å². The fraction of sp³-hybridized carbons (Fsp3) is 0.150. The molecule has 0 radical (unpaired) electrons. The summed E-state index contributed by atoms with van der Waals surface area (Å²) in [4.78, 5) is 24.1. The molecule has 1 amide bonds. The van der Waals surface area contributed by atoms with Crippen molar-refractivity contribution in [3.8, 4) is 16.3 Å². The van der Waals surface area contributed by atoms with Gasteiger partial charge in [0, 0.05) is 17.8 Å². The van der Waals surface area contributed by atoms with Crippen LogP contribution in [0.25, 0.3) is 22.3 Å². The number of carbonyl (C=O) groups is 2. The molecule has 0 atom stereocenters. The molecule has 0 saturated heterocycles. The number of aromatic nitrogens is 2. The van der Waals surface area contributed by atoms with Crippen LogP contribution in [0, 0.1) is 0 Å². The Morgan fingerprint density at radius 2 is 1.93 bits per heavy atom. The number of amides is 1. The maximum Gasteiger partial charge on any atom is 0.405 e. The first kappa shape index (κ1) is 21.3. The van der Waals surface area contributed by atoms with E-state index in [1.807, 2.05) is 47.8 Å². The fourth-order valence-corrected chi connectivity index (χ4v) is 3.15. The first-order valence-electron chi connectivity index (χ1n) is 8.69.